The number of aromatic hydroxyl groups is 1. The molecule has 2 aliphatic rings. The van der Waals surface area contributed by atoms with Gasteiger partial charge in [-0.25, -0.2) is 4.98 Å². The van der Waals surface area contributed by atoms with Crippen LogP contribution in [0.4, 0.5) is 5.82 Å². The molecule has 1 aromatic rings. The van der Waals surface area contributed by atoms with Crippen molar-refractivity contribution in [1.82, 2.24) is 20.1 Å². The summed E-state index contributed by atoms with van der Waals surface area (Å²) in [6.45, 7) is 21.1. The van der Waals surface area contributed by atoms with E-state index in [0.29, 0.717) is 29.8 Å². The number of methoxy groups -OCH3 is 1. The molecule has 0 aromatic carbocycles. The molecule has 1 aromatic heterocycles. The molecule has 8 nitrogen and oxygen atoms in total. The number of carbonyl (C=O) groups excluding carboxylic acids is 1. The Morgan fingerprint density at radius 3 is 2.39 bits per heavy atom. The van der Waals surface area contributed by atoms with Gasteiger partial charge in [0.05, 0.1) is 7.11 Å². The van der Waals surface area contributed by atoms with E-state index >= 15 is 0 Å². The average Bonchev–Trinajstić information content (AvgIpc) is 3.03. The van der Waals surface area contributed by atoms with Gasteiger partial charge in [0.2, 0.25) is 6.41 Å². The van der Waals surface area contributed by atoms with Gasteiger partial charge in [-0.1, -0.05) is 68.0 Å². The Labute approximate surface area is 271 Å². The molecule has 9 heteroatoms. The number of aromatic nitrogens is 1. The lowest BCUT2D eigenvalue weighted by Crippen LogP contribution is -2.53. The van der Waals surface area contributed by atoms with Crippen molar-refractivity contribution in [2.24, 2.45) is 0 Å². The first kappa shape index (κ1) is 38.7. The van der Waals surface area contributed by atoms with Gasteiger partial charge in [0, 0.05) is 56.5 Å². The number of nitrogens with one attached hydrogen (secondary N) is 1. The van der Waals surface area contributed by atoms with Crippen LogP contribution in [0.3, 0.4) is 0 Å². The lowest BCUT2D eigenvalue weighted by molar-refractivity contribution is -0.109. The Balaban J connectivity index is 0.000000584. The van der Waals surface area contributed by atoms with Crippen molar-refractivity contribution in [3.63, 3.8) is 0 Å². The van der Waals surface area contributed by atoms with Gasteiger partial charge in [-0.2, -0.15) is 0 Å². The molecule has 2 fully saturated rings. The van der Waals surface area contributed by atoms with Gasteiger partial charge in [-0.15, -0.1) is 0 Å². The third kappa shape index (κ3) is 15.4. The van der Waals surface area contributed by atoms with E-state index in [1.807, 2.05) is 65.1 Å². The van der Waals surface area contributed by atoms with E-state index in [1.165, 1.54) is 12.8 Å². The first-order chi connectivity index (χ1) is 21.3. The molecule has 3 heterocycles. The second-order valence-electron chi connectivity index (χ2n) is 10.4. The van der Waals surface area contributed by atoms with Gasteiger partial charge in [0.1, 0.15) is 5.76 Å². The lowest BCUT2D eigenvalue weighted by atomic mass is 10.0. The number of piperazine rings is 1. The second kappa shape index (κ2) is 23.1. The Morgan fingerprint density at radius 2 is 1.82 bits per heavy atom. The number of piperidine rings is 1. The molecule has 2 aliphatic heterocycles. The molecule has 0 saturated carbocycles. The SMILES string of the molecule is C=C(Cl)/C=C\C=C(/C)CNC=O.CC.C\C=C/C(=C\C=C\CN1CCC(N2CCN(c3ncc(C)cc3O)CC2)CC1)OC. The zero-order chi connectivity index (χ0) is 32.7. The smallest absolute Gasteiger partial charge is 0.207 e. The Morgan fingerprint density at radius 1 is 1.14 bits per heavy atom. The first-order valence-corrected chi connectivity index (χ1v) is 15.9. The predicted molar refractivity (Wildman–Crippen MR) is 186 cm³/mol. The van der Waals surface area contributed by atoms with Crippen LogP contribution in [0.1, 0.15) is 46.1 Å². The van der Waals surface area contributed by atoms with Crippen molar-refractivity contribution in [3.05, 3.63) is 89.4 Å². The zero-order valence-corrected chi connectivity index (χ0v) is 28.4. The Bertz CT molecular complexity index is 1130. The fraction of sp³-hybridized carbons (Fsp3) is 0.486. The predicted octanol–water partition coefficient (Wildman–Crippen LogP) is 6.36. The van der Waals surface area contributed by atoms with Crippen LogP contribution in [-0.4, -0.2) is 91.8 Å². The van der Waals surface area contributed by atoms with Crippen LogP contribution in [-0.2, 0) is 9.53 Å². The van der Waals surface area contributed by atoms with Crippen LogP contribution in [0.15, 0.2) is 83.8 Å². The zero-order valence-electron chi connectivity index (χ0n) is 27.6. The van der Waals surface area contributed by atoms with Gasteiger partial charge in [0.25, 0.3) is 0 Å². The Kier molecular flexibility index (Phi) is 20.3. The van der Waals surface area contributed by atoms with Crippen LogP contribution in [0.25, 0.3) is 0 Å². The lowest BCUT2D eigenvalue weighted by Gasteiger charge is -2.43. The number of pyridine rings is 1. The van der Waals surface area contributed by atoms with Crippen LogP contribution >= 0.6 is 11.6 Å². The van der Waals surface area contributed by atoms with Crippen molar-refractivity contribution in [2.75, 3.05) is 64.4 Å². The first-order valence-electron chi connectivity index (χ1n) is 15.5. The number of halogens is 1. The van der Waals surface area contributed by atoms with Crippen LogP contribution in [0, 0.1) is 6.92 Å². The molecule has 3 rings (SSSR count). The molecule has 0 aliphatic carbocycles. The van der Waals surface area contributed by atoms with E-state index in [-0.39, 0.29) is 0 Å². The summed E-state index contributed by atoms with van der Waals surface area (Å²) >= 11 is 5.48. The number of allylic oxidation sites excluding steroid dienone is 8. The van der Waals surface area contributed by atoms with Crippen molar-refractivity contribution in [1.29, 1.82) is 0 Å². The maximum Gasteiger partial charge on any atom is 0.207 e. The summed E-state index contributed by atoms with van der Waals surface area (Å²) in [7, 11) is 1.70. The van der Waals surface area contributed by atoms with Crippen LogP contribution in [0.2, 0.25) is 0 Å². The standard InChI is InChI=1S/C24H36N4O2.C9H12ClNO.C2H6/c1-4-7-22(30-3)8-5-6-11-26-12-9-21(10-13-26)27-14-16-28(17-15-27)24-23(29)18-20(2)19-25-24;1-8(6-11-7-12)4-3-5-9(2)10;1-2/h4-8,18-19,21,29H,9-17H2,1-3H3;3-5,7H,2,6H2,1H3,(H,11,12);1-2H3/b6-5+,7-4-,22-8+;5-3-,8-4+;. The summed E-state index contributed by atoms with van der Waals surface area (Å²) in [4.78, 5) is 21.7. The molecular formula is C35H54ClN5O3. The summed E-state index contributed by atoms with van der Waals surface area (Å²) < 4.78 is 5.29. The molecule has 244 valence electrons. The highest BCUT2D eigenvalue weighted by Crippen LogP contribution is 2.27. The van der Waals surface area contributed by atoms with E-state index < -0.39 is 0 Å². The fourth-order valence-corrected chi connectivity index (χ4v) is 4.94. The topological polar surface area (TPSA) is 81.2 Å². The minimum atomic E-state index is 0.294. The molecule has 2 saturated heterocycles. The number of carbonyl (C=O) groups is 1. The molecule has 44 heavy (non-hydrogen) atoms. The number of hydrogen-bond donors (Lipinski definition) is 2. The van der Waals surface area contributed by atoms with Crippen molar-refractivity contribution >= 4 is 23.8 Å². The number of aryl methyl sites for hydroxylation is 1. The van der Waals surface area contributed by atoms with E-state index in [9.17, 15) is 9.90 Å². The van der Waals surface area contributed by atoms with Gasteiger partial charge < -0.3 is 20.1 Å². The Hall–Kier alpha value is -3.33. The molecule has 2 N–H and O–H groups in total. The van der Waals surface area contributed by atoms with Crippen LogP contribution in [0.5, 0.6) is 5.75 Å². The number of nitrogens with zero attached hydrogens (tertiary/aromatic N) is 4. The number of hydrogen-bond acceptors (Lipinski definition) is 7. The fourth-order valence-electron chi connectivity index (χ4n) is 4.86. The number of anilines is 1. The van der Waals surface area contributed by atoms with Crippen molar-refractivity contribution < 1.29 is 14.6 Å². The van der Waals surface area contributed by atoms with Crippen molar-refractivity contribution in [2.45, 2.75) is 53.5 Å². The largest absolute Gasteiger partial charge is 0.504 e. The highest BCUT2D eigenvalue weighted by Gasteiger charge is 2.28. The highest BCUT2D eigenvalue weighted by molar-refractivity contribution is 6.30. The van der Waals surface area contributed by atoms with Gasteiger partial charge in [0.15, 0.2) is 11.6 Å². The molecule has 0 radical (unpaired) electrons. The third-order valence-corrected chi connectivity index (χ3v) is 7.25. The summed E-state index contributed by atoms with van der Waals surface area (Å²) in [5, 5.41) is 13.2. The number of rotatable bonds is 12. The summed E-state index contributed by atoms with van der Waals surface area (Å²) in [6, 6.07) is 2.47. The summed E-state index contributed by atoms with van der Waals surface area (Å²) in [5.74, 6) is 1.89. The molecule has 0 bridgehead atoms. The summed E-state index contributed by atoms with van der Waals surface area (Å²) in [6.07, 6.45) is 20.5. The maximum absolute atomic E-state index is 10.2. The third-order valence-electron chi connectivity index (χ3n) is 7.12. The quantitative estimate of drug-likeness (QED) is 0.159. The van der Waals surface area contributed by atoms with E-state index in [2.05, 4.69) is 43.7 Å². The highest BCUT2D eigenvalue weighted by atomic mass is 35.5. The van der Waals surface area contributed by atoms with Gasteiger partial charge >= 0.3 is 0 Å². The number of ether oxygens (including phenoxy) is 1. The molecular weight excluding hydrogens is 574 g/mol. The van der Waals surface area contributed by atoms with E-state index in [4.69, 9.17) is 16.3 Å². The molecule has 1 amide bonds. The number of likely N-dealkylation sites (tertiary alicyclic amines) is 1. The van der Waals surface area contributed by atoms with Gasteiger partial charge in [-0.3, -0.25) is 14.6 Å². The van der Waals surface area contributed by atoms with E-state index in [0.717, 1.165) is 68.5 Å². The number of amides is 1. The normalized spacial score (nSPS) is 17.3. The second-order valence-corrected chi connectivity index (χ2v) is 10.9. The van der Waals surface area contributed by atoms with Crippen LogP contribution < -0.4 is 10.2 Å². The van der Waals surface area contributed by atoms with Gasteiger partial charge in [-0.05, 0) is 76.6 Å². The molecule has 0 unspecified atom stereocenters. The molecule has 0 spiro atoms. The minimum absolute atomic E-state index is 0.294. The maximum atomic E-state index is 10.2. The molecule has 0 atom stereocenters. The minimum Gasteiger partial charge on any atom is -0.504 e. The average molecular weight is 628 g/mol. The monoisotopic (exact) mass is 627 g/mol. The summed E-state index contributed by atoms with van der Waals surface area (Å²) in [5.41, 5.74) is 2.04. The van der Waals surface area contributed by atoms with Crippen molar-refractivity contribution in [3.8, 4) is 5.75 Å². The van der Waals surface area contributed by atoms with E-state index in [1.54, 1.807) is 25.3 Å².